The first-order valence-corrected chi connectivity index (χ1v) is 21.1. The molecule has 0 aliphatic carbocycles. The molecule has 2 bridgehead atoms. The Balaban J connectivity index is 2.02. The summed E-state index contributed by atoms with van der Waals surface area (Å²) in [4.78, 5) is 54.5. The number of aliphatic hydroxyl groups excluding tert-OH is 4. The zero-order valence-corrected chi connectivity index (χ0v) is 36.0. The van der Waals surface area contributed by atoms with Crippen molar-refractivity contribution in [3.05, 3.63) is 36.5 Å². The van der Waals surface area contributed by atoms with Crippen LogP contribution in [0.1, 0.15) is 115 Å². The summed E-state index contributed by atoms with van der Waals surface area (Å²) in [6, 6.07) is 0. The molecule has 1 spiro atoms. The number of esters is 1. The van der Waals surface area contributed by atoms with Crippen LogP contribution >= 0.6 is 0 Å². The smallest absolute Gasteiger partial charge is 0.330 e. The van der Waals surface area contributed by atoms with E-state index in [4.69, 9.17) is 14.2 Å². The number of ketones is 3. The van der Waals surface area contributed by atoms with Crippen molar-refractivity contribution >= 4 is 23.3 Å². The quantitative estimate of drug-likeness (QED) is 0.238. The molecule has 5 N–H and O–H groups in total. The maximum Gasteiger partial charge on any atom is 0.330 e. The number of hydrogen-bond donors (Lipinski definition) is 5. The van der Waals surface area contributed by atoms with E-state index in [2.05, 4.69) is 13.0 Å². The van der Waals surface area contributed by atoms with Gasteiger partial charge in [-0.1, -0.05) is 92.7 Å². The Labute approximate surface area is 340 Å². The first kappa shape index (κ1) is 48.8. The maximum atomic E-state index is 14.0. The van der Waals surface area contributed by atoms with Crippen molar-refractivity contribution in [1.82, 2.24) is 0 Å². The third-order valence-electron chi connectivity index (χ3n) is 13.2. The van der Waals surface area contributed by atoms with Gasteiger partial charge < -0.3 is 39.7 Å². The van der Waals surface area contributed by atoms with Crippen LogP contribution in [0.25, 0.3) is 0 Å². The predicted molar refractivity (Wildman–Crippen MR) is 215 cm³/mol. The minimum Gasteiger partial charge on any atom is -0.458 e. The molecule has 0 saturated carbocycles. The third-order valence-corrected chi connectivity index (χ3v) is 13.2. The Kier molecular flexibility index (Phi) is 17.6. The number of Topliss-reactive ketones (excluding diaryl/α,β-unsaturated/α-hetero) is 3. The van der Waals surface area contributed by atoms with Crippen LogP contribution in [0.3, 0.4) is 0 Å². The number of hydrogen-bond acceptors (Lipinski definition) is 12. The summed E-state index contributed by atoms with van der Waals surface area (Å²) in [5, 5.41) is 55.0. The molecule has 3 aliphatic heterocycles. The SMILES string of the molecule is CCC1/C=C/C=C/CC(C)C(O)C(C)(O)C(=O)C(C)C(O)C(C)C(=O)C(C)C(O)C(C)/C=C/C(=O)OC2C(C)C(CC1)OC1(OC(CC(C)O)C(C)CC1=O)C2C. The zero-order valence-electron chi connectivity index (χ0n) is 36.0. The molecule has 18 atom stereocenters. The van der Waals surface area contributed by atoms with Crippen molar-refractivity contribution in [3.63, 3.8) is 0 Å². The van der Waals surface area contributed by atoms with E-state index < -0.39 is 107 Å². The minimum atomic E-state index is -2.21. The maximum absolute atomic E-state index is 14.0. The Morgan fingerprint density at radius 3 is 2.09 bits per heavy atom. The van der Waals surface area contributed by atoms with Crippen LogP contribution in [0.5, 0.6) is 0 Å². The molecule has 0 aromatic carbocycles. The van der Waals surface area contributed by atoms with Gasteiger partial charge in [0.2, 0.25) is 5.79 Å². The van der Waals surface area contributed by atoms with Gasteiger partial charge in [0.15, 0.2) is 11.6 Å². The van der Waals surface area contributed by atoms with Gasteiger partial charge in [0.1, 0.15) is 17.5 Å². The van der Waals surface area contributed by atoms with E-state index in [1.807, 2.05) is 32.1 Å². The van der Waals surface area contributed by atoms with Gasteiger partial charge in [-0.05, 0) is 63.7 Å². The number of allylic oxidation sites excluding steroid dienone is 4. The summed E-state index contributed by atoms with van der Waals surface area (Å²) in [6.07, 6.45) is 6.53. The lowest BCUT2D eigenvalue weighted by Crippen LogP contribution is -2.66. The van der Waals surface area contributed by atoms with Crippen LogP contribution in [-0.4, -0.2) is 103 Å². The molecule has 57 heavy (non-hydrogen) atoms. The second-order valence-electron chi connectivity index (χ2n) is 17.9. The number of rotatable bonds is 3. The van der Waals surface area contributed by atoms with Crippen LogP contribution in [0.15, 0.2) is 36.5 Å². The highest BCUT2D eigenvalue weighted by Gasteiger charge is 2.61. The topological polar surface area (TPSA) is 197 Å². The van der Waals surface area contributed by atoms with E-state index in [9.17, 15) is 44.7 Å². The number of fused-ring (bicyclic) bond motifs is 2. The predicted octanol–water partition coefficient (Wildman–Crippen LogP) is 5.06. The van der Waals surface area contributed by atoms with Gasteiger partial charge in [0, 0.05) is 42.1 Å². The molecule has 18 unspecified atom stereocenters. The molecule has 0 radical (unpaired) electrons. The van der Waals surface area contributed by atoms with Gasteiger partial charge in [-0.3, -0.25) is 14.4 Å². The van der Waals surface area contributed by atoms with E-state index in [-0.39, 0.29) is 30.0 Å². The number of carbonyl (C=O) groups is 4. The zero-order chi connectivity index (χ0) is 43.2. The van der Waals surface area contributed by atoms with Crippen LogP contribution < -0.4 is 0 Å². The summed E-state index contributed by atoms with van der Waals surface area (Å²) in [5.74, 6) is -9.55. The fourth-order valence-electron chi connectivity index (χ4n) is 8.91. The van der Waals surface area contributed by atoms with Gasteiger partial charge >= 0.3 is 5.97 Å². The molecule has 0 amide bonds. The molecule has 12 nitrogen and oxygen atoms in total. The van der Waals surface area contributed by atoms with Crippen molar-refractivity contribution in [1.29, 1.82) is 0 Å². The minimum absolute atomic E-state index is 0.132. The fourth-order valence-corrected chi connectivity index (χ4v) is 8.91. The van der Waals surface area contributed by atoms with Gasteiger partial charge in [-0.2, -0.15) is 0 Å². The normalized spacial score (nSPS) is 46.2. The molecular formula is C45H72O12. The Morgan fingerprint density at radius 2 is 1.47 bits per heavy atom. The third kappa shape index (κ3) is 11.4. The first-order valence-electron chi connectivity index (χ1n) is 21.1. The summed E-state index contributed by atoms with van der Waals surface area (Å²) in [5.41, 5.74) is -2.21. The summed E-state index contributed by atoms with van der Waals surface area (Å²) < 4.78 is 19.4. The molecule has 2 saturated heterocycles. The van der Waals surface area contributed by atoms with E-state index in [0.29, 0.717) is 25.7 Å². The summed E-state index contributed by atoms with van der Waals surface area (Å²) >= 11 is 0. The Bertz CT molecular complexity index is 1470. The van der Waals surface area contributed by atoms with Crippen molar-refractivity contribution in [2.45, 2.75) is 169 Å². The molecule has 324 valence electrons. The van der Waals surface area contributed by atoms with Crippen molar-refractivity contribution in [2.75, 3.05) is 0 Å². The Hall–Kier alpha value is -2.58. The van der Waals surface area contributed by atoms with E-state index >= 15 is 0 Å². The second-order valence-corrected chi connectivity index (χ2v) is 17.9. The average Bonchev–Trinajstić information content (AvgIpc) is 3.16. The highest BCUT2D eigenvalue weighted by atomic mass is 16.7. The lowest BCUT2D eigenvalue weighted by Gasteiger charge is -2.54. The Morgan fingerprint density at radius 1 is 0.842 bits per heavy atom. The van der Waals surface area contributed by atoms with Crippen molar-refractivity contribution in [2.24, 2.45) is 53.3 Å². The van der Waals surface area contributed by atoms with Gasteiger partial charge in [0.05, 0.1) is 42.5 Å². The molecule has 12 heteroatoms. The molecular weight excluding hydrogens is 732 g/mol. The molecule has 0 aromatic rings. The van der Waals surface area contributed by atoms with Gasteiger partial charge in [-0.15, -0.1) is 0 Å². The number of aliphatic hydroxyl groups is 5. The monoisotopic (exact) mass is 805 g/mol. The van der Waals surface area contributed by atoms with Gasteiger partial charge in [-0.25, -0.2) is 4.79 Å². The second kappa shape index (κ2) is 20.6. The summed E-state index contributed by atoms with van der Waals surface area (Å²) in [6.45, 7) is 18.3. The van der Waals surface area contributed by atoms with Crippen molar-refractivity contribution in [3.8, 4) is 0 Å². The largest absolute Gasteiger partial charge is 0.458 e. The van der Waals surface area contributed by atoms with Crippen LogP contribution in [0.4, 0.5) is 0 Å². The highest BCUT2D eigenvalue weighted by molar-refractivity contribution is 5.91. The number of ether oxygens (including phenoxy) is 3. The van der Waals surface area contributed by atoms with E-state index in [1.165, 1.54) is 39.8 Å². The standard InChI is InChI=1S/C45H72O12/c1-12-33-17-15-13-14-16-25(3)42(52)44(11,54)43(53)31(9)40(51)30(8)39(50)29(7)38(49)24(2)18-21-37(48)55-41-28(6)34(20-19-33)56-45(32(41)10)36(47)22-26(4)35(57-45)23-27(5)46/h13-15,17-18,21,24-35,38,40-42,46,49,51-52,54H,12,16,19-20,22-23H2,1-11H3/b14-13+,17-15+,21-18+. The van der Waals surface area contributed by atoms with Crippen molar-refractivity contribution < 1.29 is 58.9 Å². The highest BCUT2D eigenvalue weighted by Crippen LogP contribution is 2.47. The number of carbonyl (C=O) groups excluding carboxylic acids is 4. The molecule has 0 aromatic heterocycles. The lowest BCUT2D eigenvalue weighted by molar-refractivity contribution is -0.344. The molecule has 3 aliphatic rings. The van der Waals surface area contributed by atoms with Crippen LogP contribution in [-0.2, 0) is 33.4 Å². The fraction of sp³-hybridized carbons (Fsp3) is 0.778. The first-order chi connectivity index (χ1) is 26.5. The molecule has 3 rings (SSSR count). The van der Waals surface area contributed by atoms with Crippen LogP contribution in [0.2, 0.25) is 0 Å². The van der Waals surface area contributed by atoms with Gasteiger partial charge in [0.25, 0.3) is 0 Å². The van der Waals surface area contributed by atoms with E-state index in [0.717, 1.165) is 6.42 Å². The molecule has 3 heterocycles. The average molecular weight is 805 g/mol. The van der Waals surface area contributed by atoms with E-state index in [1.54, 1.807) is 27.7 Å². The summed E-state index contributed by atoms with van der Waals surface area (Å²) in [7, 11) is 0. The van der Waals surface area contributed by atoms with Crippen LogP contribution in [0, 0.1) is 53.3 Å². The lowest BCUT2D eigenvalue weighted by atomic mass is 9.74. The molecule has 2 fully saturated rings.